The standard InChI is InChI=1S/C15H21F2NO2/c1-4-18(10-15(2,3)20)13(19)9-8-11-6-5-7-12(16)14(11)17/h5-7,20H,4,8-10H2,1-3H3. The highest BCUT2D eigenvalue weighted by molar-refractivity contribution is 5.76. The Hall–Kier alpha value is -1.49. The van der Waals surface area contributed by atoms with Crippen molar-refractivity contribution in [3.05, 3.63) is 35.4 Å². The Bertz CT molecular complexity index is 469. The molecule has 1 N–H and O–H groups in total. The zero-order valence-electron chi connectivity index (χ0n) is 12.1. The third-order valence-electron chi connectivity index (χ3n) is 2.95. The van der Waals surface area contributed by atoms with Crippen LogP contribution in [0, 0.1) is 11.6 Å². The number of likely N-dealkylation sites (N-methyl/N-ethyl adjacent to an activating group) is 1. The molecule has 0 spiro atoms. The SMILES string of the molecule is CCN(CC(C)(C)O)C(=O)CCc1cccc(F)c1F. The van der Waals surface area contributed by atoms with Crippen LogP contribution in [0.3, 0.4) is 0 Å². The summed E-state index contributed by atoms with van der Waals surface area (Å²) in [6.45, 7) is 5.74. The van der Waals surface area contributed by atoms with Gasteiger partial charge in [-0.05, 0) is 38.8 Å². The number of nitrogens with zero attached hydrogens (tertiary/aromatic N) is 1. The fourth-order valence-corrected chi connectivity index (χ4v) is 1.98. The topological polar surface area (TPSA) is 40.5 Å². The normalized spacial score (nSPS) is 11.5. The molecule has 3 nitrogen and oxygen atoms in total. The monoisotopic (exact) mass is 285 g/mol. The number of aliphatic hydroxyl groups is 1. The first kappa shape index (κ1) is 16.6. The maximum absolute atomic E-state index is 13.5. The van der Waals surface area contributed by atoms with Gasteiger partial charge < -0.3 is 10.0 Å². The number of hydrogen-bond acceptors (Lipinski definition) is 2. The number of rotatable bonds is 6. The van der Waals surface area contributed by atoms with Crippen LogP contribution in [0.15, 0.2) is 18.2 Å². The van der Waals surface area contributed by atoms with Crippen molar-refractivity contribution in [1.29, 1.82) is 0 Å². The summed E-state index contributed by atoms with van der Waals surface area (Å²) in [5.74, 6) is -1.98. The number of carbonyl (C=O) groups is 1. The number of benzene rings is 1. The van der Waals surface area contributed by atoms with Crippen molar-refractivity contribution >= 4 is 5.91 Å². The summed E-state index contributed by atoms with van der Waals surface area (Å²) in [6.07, 6.45) is 0.231. The van der Waals surface area contributed by atoms with Crippen molar-refractivity contribution in [2.75, 3.05) is 13.1 Å². The molecule has 5 heteroatoms. The van der Waals surface area contributed by atoms with Gasteiger partial charge in [0.15, 0.2) is 11.6 Å². The Kier molecular flexibility index (Phi) is 5.62. The molecule has 0 bridgehead atoms. The van der Waals surface area contributed by atoms with E-state index in [0.717, 1.165) is 6.07 Å². The van der Waals surface area contributed by atoms with Gasteiger partial charge >= 0.3 is 0 Å². The number of halogens is 2. The van der Waals surface area contributed by atoms with Gasteiger partial charge in [-0.3, -0.25) is 4.79 Å². The molecule has 1 rings (SSSR count). The Morgan fingerprint density at radius 2 is 2.00 bits per heavy atom. The van der Waals surface area contributed by atoms with Crippen molar-refractivity contribution in [1.82, 2.24) is 4.90 Å². The lowest BCUT2D eigenvalue weighted by molar-refractivity contribution is -0.133. The number of carbonyl (C=O) groups excluding carboxylic acids is 1. The predicted molar refractivity (Wildman–Crippen MR) is 73.2 cm³/mol. The van der Waals surface area contributed by atoms with Gasteiger partial charge in [0.2, 0.25) is 5.91 Å². The maximum atomic E-state index is 13.5. The molecule has 0 heterocycles. The van der Waals surface area contributed by atoms with Crippen LogP contribution in [-0.4, -0.2) is 34.6 Å². The van der Waals surface area contributed by atoms with Gasteiger partial charge in [0.05, 0.1) is 5.60 Å². The molecule has 20 heavy (non-hydrogen) atoms. The Balaban J connectivity index is 2.64. The highest BCUT2D eigenvalue weighted by atomic mass is 19.2. The Morgan fingerprint density at radius 3 is 2.55 bits per heavy atom. The quantitative estimate of drug-likeness (QED) is 0.872. The minimum absolute atomic E-state index is 0.0876. The summed E-state index contributed by atoms with van der Waals surface area (Å²) in [5, 5.41) is 9.73. The second-order valence-corrected chi connectivity index (χ2v) is 5.43. The molecule has 1 aromatic rings. The van der Waals surface area contributed by atoms with Gasteiger partial charge in [-0.2, -0.15) is 0 Å². The van der Waals surface area contributed by atoms with E-state index in [1.807, 2.05) is 6.92 Å². The van der Waals surface area contributed by atoms with E-state index >= 15 is 0 Å². The second kappa shape index (κ2) is 6.79. The van der Waals surface area contributed by atoms with Crippen LogP contribution in [0.1, 0.15) is 32.8 Å². The molecule has 0 aliphatic carbocycles. The predicted octanol–water partition coefficient (Wildman–Crippen LogP) is 2.52. The highest BCUT2D eigenvalue weighted by Gasteiger charge is 2.21. The van der Waals surface area contributed by atoms with Crippen LogP contribution in [0.25, 0.3) is 0 Å². The summed E-state index contributed by atoms with van der Waals surface area (Å²) in [5.41, 5.74) is -0.784. The van der Waals surface area contributed by atoms with Gasteiger partial charge in [0.1, 0.15) is 0 Å². The van der Waals surface area contributed by atoms with Gasteiger partial charge in [-0.15, -0.1) is 0 Å². The smallest absolute Gasteiger partial charge is 0.222 e. The third-order valence-corrected chi connectivity index (χ3v) is 2.95. The molecule has 0 saturated carbocycles. The molecule has 0 saturated heterocycles. The first-order valence-electron chi connectivity index (χ1n) is 6.67. The molecule has 0 aromatic heterocycles. The van der Waals surface area contributed by atoms with Crippen LogP contribution in [0.5, 0.6) is 0 Å². The van der Waals surface area contributed by atoms with E-state index < -0.39 is 17.2 Å². The van der Waals surface area contributed by atoms with Gasteiger partial charge in [0, 0.05) is 19.5 Å². The maximum Gasteiger partial charge on any atom is 0.222 e. The Labute approximate surface area is 118 Å². The summed E-state index contributed by atoms with van der Waals surface area (Å²) < 4.78 is 26.5. The Morgan fingerprint density at radius 1 is 1.35 bits per heavy atom. The molecule has 0 radical (unpaired) electrons. The highest BCUT2D eigenvalue weighted by Crippen LogP contribution is 2.14. The van der Waals surface area contributed by atoms with E-state index in [2.05, 4.69) is 0 Å². The second-order valence-electron chi connectivity index (χ2n) is 5.43. The molecular weight excluding hydrogens is 264 g/mol. The zero-order valence-corrected chi connectivity index (χ0v) is 12.1. The lowest BCUT2D eigenvalue weighted by atomic mass is 10.1. The van der Waals surface area contributed by atoms with Crippen molar-refractivity contribution in [2.45, 2.75) is 39.2 Å². The molecule has 112 valence electrons. The third kappa shape index (κ3) is 4.89. The van der Waals surface area contributed by atoms with E-state index in [9.17, 15) is 18.7 Å². The molecule has 1 amide bonds. The van der Waals surface area contributed by atoms with E-state index in [-0.39, 0.29) is 30.9 Å². The molecular formula is C15H21F2NO2. The fourth-order valence-electron chi connectivity index (χ4n) is 1.98. The lowest BCUT2D eigenvalue weighted by Gasteiger charge is -2.28. The van der Waals surface area contributed by atoms with E-state index in [0.29, 0.717) is 6.54 Å². The molecule has 0 aliphatic heterocycles. The molecule has 0 atom stereocenters. The average molecular weight is 285 g/mol. The molecule has 1 aromatic carbocycles. The number of aryl methyl sites for hydroxylation is 1. The molecule has 0 aliphatic rings. The zero-order chi connectivity index (χ0) is 15.3. The summed E-state index contributed by atoms with van der Waals surface area (Å²) in [4.78, 5) is 13.5. The minimum atomic E-state index is -0.976. The first-order valence-corrected chi connectivity index (χ1v) is 6.67. The van der Waals surface area contributed by atoms with Gasteiger partial charge in [-0.25, -0.2) is 8.78 Å². The summed E-state index contributed by atoms with van der Waals surface area (Å²) >= 11 is 0. The number of hydrogen-bond donors (Lipinski definition) is 1. The summed E-state index contributed by atoms with van der Waals surface area (Å²) in [6, 6.07) is 3.94. The van der Waals surface area contributed by atoms with E-state index in [1.54, 1.807) is 13.8 Å². The van der Waals surface area contributed by atoms with Crippen molar-refractivity contribution in [2.24, 2.45) is 0 Å². The van der Waals surface area contributed by atoms with Crippen molar-refractivity contribution in [3.8, 4) is 0 Å². The van der Waals surface area contributed by atoms with Gasteiger partial charge in [-0.1, -0.05) is 12.1 Å². The molecule has 0 fully saturated rings. The van der Waals surface area contributed by atoms with Crippen LogP contribution < -0.4 is 0 Å². The lowest BCUT2D eigenvalue weighted by Crippen LogP contribution is -2.42. The summed E-state index contributed by atoms with van der Waals surface area (Å²) in [7, 11) is 0. The van der Waals surface area contributed by atoms with E-state index in [4.69, 9.17) is 0 Å². The fraction of sp³-hybridized carbons (Fsp3) is 0.533. The number of amides is 1. The van der Waals surface area contributed by atoms with Crippen LogP contribution >= 0.6 is 0 Å². The van der Waals surface area contributed by atoms with Crippen LogP contribution in [0.2, 0.25) is 0 Å². The van der Waals surface area contributed by atoms with Crippen molar-refractivity contribution < 1.29 is 18.7 Å². The molecule has 0 unspecified atom stereocenters. The van der Waals surface area contributed by atoms with Crippen LogP contribution in [-0.2, 0) is 11.2 Å². The van der Waals surface area contributed by atoms with E-state index in [1.165, 1.54) is 17.0 Å². The van der Waals surface area contributed by atoms with Gasteiger partial charge in [0.25, 0.3) is 0 Å². The van der Waals surface area contributed by atoms with Crippen LogP contribution in [0.4, 0.5) is 8.78 Å². The van der Waals surface area contributed by atoms with Crippen molar-refractivity contribution in [3.63, 3.8) is 0 Å². The largest absolute Gasteiger partial charge is 0.389 e. The minimum Gasteiger partial charge on any atom is -0.389 e. The first-order chi connectivity index (χ1) is 9.24. The average Bonchev–Trinajstić information content (AvgIpc) is 2.36.